The number of carbonyl (C=O) groups is 2. The maximum absolute atomic E-state index is 12.9. The van der Waals surface area contributed by atoms with Gasteiger partial charge in [-0.2, -0.15) is 5.10 Å². The van der Waals surface area contributed by atoms with Crippen LogP contribution in [0.5, 0.6) is 0 Å². The van der Waals surface area contributed by atoms with E-state index in [1.54, 1.807) is 42.0 Å². The number of nitrogens with zero attached hydrogens (tertiary/aromatic N) is 3. The van der Waals surface area contributed by atoms with E-state index in [4.69, 9.17) is 11.5 Å². The number of primary amides is 1. The molecule has 0 atom stereocenters. The summed E-state index contributed by atoms with van der Waals surface area (Å²) in [4.78, 5) is 30.2. The number of allylic oxidation sites excluding steroid dienone is 1. The first-order valence-electron chi connectivity index (χ1n) is 13.5. The summed E-state index contributed by atoms with van der Waals surface area (Å²) in [6.45, 7) is 8.07. The molecule has 0 saturated carbocycles. The molecule has 0 radical (unpaired) electrons. The third kappa shape index (κ3) is 7.80. The first kappa shape index (κ1) is 30.6. The van der Waals surface area contributed by atoms with Crippen molar-refractivity contribution in [2.45, 2.75) is 51.9 Å². The number of aryl methyl sites for hydroxylation is 2. The topological polar surface area (TPSA) is 127 Å². The molecule has 1 heterocycles. The minimum absolute atomic E-state index is 0.191. The van der Waals surface area contributed by atoms with E-state index >= 15 is 0 Å². The molecule has 8 nitrogen and oxygen atoms in total. The van der Waals surface area contributed by atoms with Gasteiger partial charge >= 0.3 is 0 Å². The second-order valence-corrected chi connectivity index (χ2v) is 10.1. The molecule has 5 N–H and O–H groups in total. The molecular formula is C31H38N6O2S. The number of pyridine rings is 1. The van der Waals surface area contributed by atoms with Gasteiger partial charge in [-0.3, -0.25) is 14.6 Å². The van der Waals surface area contributed by atoms with E-state index in [0.29, 0.717) is 23.5 Å². The molecule has 0 fully saturated rings. The van der Waals surface area contributed by atoms with Crippen molar-refractivity contribution in [1.29, 1.82) is 0 Å². The molecule has 4 rings (SSSR count). The van der Waals surface area contributed by atoms with Crippen LogP contribution in [0.25, 0.3) is 5.70 Å². The highest BCUT2D eigenvalue weighted by atomic mass is 32.2. The first-order chi connectivity index (χ1) is 19.4. The van der Waals surface area contributed by atoms with E-state index in [1.807, 2.05) is 63.2 Å². The van der Waals surface area contributed by atoms with Crippen molar-refractivity contribution in [2.75, 3.05) is 22.6 Å². The quantitative estimate of drug-likeness (QED) is 0.126. The number of hydrogen-bond donors (Lipinski definition) is 3. The van der Waals surface area contributed by atoms with Crippen molar-refractivity contribution in [3.63, 3.8) is 0 Å². The molecular weight excluding hydrogens is 520 g/mol. The highest BCUT2D eigenvalue weighted by Gasteiger charge is 2.22. The van der Waals surface area contributed by atoms with Crippen LogP contribution < -0.4 is 21.8 Å². The summed E-state index contributed by atoms with van der Waals surface area (Å²) in [5.74, 6) is 0.136. The highest BCUT2D eigenvalue weighted by Crippen LogP contribution is 2.35. The van der Waals surface area contributed by atoms with Gasteiger partial charge in [0.2, 0.25) is 0 Å². The largest absolute Gasteiger partial charge is 0.365 e. The normalized spacial score (nSPS) is 12.4. The van der Waals surface area contributed by atoms with Crippen LogP contribution in [0.15, 0.2) is 76.9 Å². The van der Waals surface area contributed by atoms with Crippen LogP contribution in [0.3, 0.4) is 0 Å². The average molecular weight is 559 g/mol. The zero-order valence-corrected chi connectivity index (χ0v) is 24.4. The molecule has 1 aliphatic carbocycles. The number of benzene rings is 2. The van der Waals surface area contributed by atoms with Crippen molar-refractivity contribution in [1.82, 2.24) is 4.98 Å². The molecule has 0 spiro atoms. The zero-order chi connectivity index (χ0) is 29.1. The summed E-state index contributed by atoms with van der Waals surface area (Å²) in [6, 6.07) is 17.4. The maximum Gasteiger partial charge on any atom is 0.264 e. The standard InChI is InChI=1S/C29H32N6O2S.C2H6/c1-19-25(7-4-16-32-19)29(37)33-22-10-9-21-6-3-8-27(26(21)18-22)35(34-20(2)28(31)36)23-11-13-24(14-12-23)38-17-5-15-30;1-2/h4,7-14,16,18H,3,5-6,15,17,30H2,1-2H3,(H2,31,36)(H,33,37);1-2H3/b34-20+;. The summed E-state index contributed by atoms with van der Waals surface area (Å²) in [6.07, 6.45) is 6.39. The smallest absolute Gasteiger partial charge is 0.264 e. The van der Waals surface area contributed by atoms with Crippen LogP contribution in [0, 0.1) is 6.92 Å². The van der Waals surface area contributed by atoms with Crippen molar-refractivity contribution in [2.24, 2.45) is 16.6 Å². The lowest BCUT2D eigenvalue weighted by molar-refractivity contribution is -0.112. The van der Waals surface area contributed by atoms with Crippen LogP contribution in [-0.2, 0) is 11.2 Å². The SMILES string of the molecule is C/C(=N\N(C1=CCCc2ccc(NC(=O)c3cccnc3C)cc21)c1ccc(SCCCN)cc1)C(N)=O.CC. The first-order valence-corrected chi connectivity index (χ1v) is 14.5. The van der Waals surface area contributed by atoms with Crippen molar-refractivity contribution in [3.05, 3.63) is 89.3 Å². The monoisotopic (exact) mass is 558 g/mol. The average Bonchev–Trinajstić information content (AvgIpc) is 2.97. The van der Waals surface area contributed by atoms with Gasteiger partial charge in [-0.05, 0) is 99.5 Å². The third-order valence-electron chi connectivity index (χ3n) is 6.18. The van der Waals surface area contributed by atoms with Crippen molar-refractivity contribution >= 4 is 46.4 Å². The fourth-order valence-electron chi connectivity index (χ4n) is 4.12. The van der Waals surface area contributed by atoms with Gasteiger partial charge in [-0.1, -0.05) is 26.0 Å². The molecule has 2 amide bonds. The summed E-state index contributed by atoms with van der Waals surface area (Å²) in [5.41, 5.74) is 16.9. The van der Waals surface area contributed by atoms with Crippen LogP contribution in [0.1, 0.15) is 60.8 Å². The Bertz CT molecular complexity index is 1380. The number of nitrogens with two attached hydrogens (primary N) is 2. The molecule has 3 aromatic rings. The molecule has 2 aromatic carbocycles. The predicted octanol–water partition coefficient (Wildman–Crippen LogP) is 5.76. The lowest BCUT2D eigenvalue weighted by Crippen LogP contribution is -2.26. The van der Waals surface area contributed by atoms with Gasteiger partial charge in [0.05, 0.1) is 16.9 Å². The number of fused-ring (bicyclic) bond motifs is 1. The zero-order valence-electron chi connectivity index (χ0n) is 23.6. The lowest BCUT2D eigenvalue weighted by Gasteiger charge is -2.28. The van der Waals surface area contributed by atoms with Gasteiger partial charge in [0.1, 0.15) is 5.71 Å². The van der Waals surface area contributed by atoms with Crippen LogP contribution in [0.4, 0.5) is 11.4 Å². The molecule has 0 bridgehead atoms. The van der Waals surface area contributed by atoms with Crippen molar-refractivity contribution < 1.29 is 9.59 Å². The minimum Gasteiger partial charge on any atom is -0.365 e. The number of hydrogen-bond acceptors (Lipinski definition) is 7. The van der Waals surface area contributed by atoms with Gasteiger partial charge in [0.25, 0.3) is 11.8 Å². The van der Waals surface area contributed by atoms with E-state index in [0.717, 1.165) is 52.4 Å². The Balaban J connectivity index is 0.00000216. The van der Waals surface area contributed by atoms with Crippen LogP contribution in [0.2, 0.25) is 0 Å². The van der Waals surface area contributed by atoms with E-state index in [2.05, 4.69) is 21.5 Å². The second-order valence-electron chi connectivity index (χ2n) is 8.94. The Morgan fingerprint density at radius 3 is 2.55 bits per heavy atom. The van der Waals surface area contributed by atoms with Gasteiger partial charge in [0, 0.05) is 28.0 Å². The van der Waals surface area contributed by atoms with Gasteiger partial charge in [0.15, 0.2) is 0 Å². The molecule has 0 saturated heterocycles. The Kier molecular flexibility index (Phi) is 11.5. The number of thioether (sulfide) groups is 1. The predicted molar refractivity (Wildman–Crippen MR) is 167 cm³/mol. The molecule has 210 valence electrons. The summed E-state index contributed by atoms with van der Waals surface area (Å²) in [5, 5.41) is 9.36. The Labute approximate surface area is 240 Å². The molecule has 0 unspecified atom stereocenters. The van der Waals surface area contributed by atoms with E-state index in [9.17, 15) is 9.59 Å². The minimum atomic E-state index is -0.589. The van der Waals surface area contributed by atoms with E-state index < -0.39 is 5.91 Å². The molecule has 40 heavy (non-hydrogen) atoms. The van der Waals surface area contributed by atoms with E-state index in [-0.39, 0.29) is 11.6 Å². The molecule has 1 aromatic heterocycles. The third-order valence-corrected chi connectivity index (χ3v) is 7.28. The Morgan fingerprint density at radius 1 is 1.12 bits per heavy atom. The number of amides is 2. The number of aromatic nitrogens is 1. The van der Waals surface area contributed by atoms with Crippen LogP contribution >= 0.6 is 11.8 Å². The molecule has 1 aliphatic rings. The summed E-state index contributed by atoms with van der Waals surface area (Å²) in [7, 11) is 0. The number of nitrogens with one attached hydrogen (secondary N) is 1. The fourth-order valence-corrected chi connectivity index (χ4v) is 4.99. The number of anilines is 2. The summed E-state index contributed by atoms with van der Waals surface area (Å²) >= 11 is 1.75. The fraction of sp³-hybridized carbons (Fsp3) is 0.290. The van der Waals surface area contributed by atoms with Gasteiger partial charge in [-0.25, -0.2) is 5.01 Å². The van der Waals surface area contributed by atoms with Crippen molar-refractivity contribution in [3.8, 4) is 0 Å². The van der Waals surface area contributed by atoms with Crippen LogP contribution in [-0.4, -0.2) is 34.8 Å². The second kappa shape index (κ2) is 15.0. The Hall–Kier alpha value is -3.95. The highest BCUT2D eigenvalue weighted by molar-refractivity contribution is 7.99. The Morgan fingerprint density at radius 2 is 1.88 bits per heavy atom. The number of rotatable bonds is 10. The number of hydrazone groups is 1. The summed E-state index contributed by atoms with van der Waals surface area (Å²) < 4.78 is 0. The molecule has 9 heteroatoms. The molecule has 0 aliphatic heterocycles. The van der Waals surface area contributed by atoms with Gasteiger partial charge < -0.3 is 16.8 Å². The van der Waals surface area contributed by atoms with E-state index in [1.165, 1.54) is 0 Å². The maximum atomic E-state index is 12.9. The van der Waals surface area contributed by atoms with Gasteiger partial charge in [-0.15, -0.1) is 11.8 Å². The number of carbonyl (C=O) groups excluding carboxylic acids is 2. The lowest BCUT2D eigenvalue weighted by atomic mass is 9.93.